The second-order valence-corrected chi connectivity index (χ2v) is 13.9. The maximum absolute atomic E-state index is 13.0. The van der Waals surface area contributed by atoms with E-state index in [9.17, 15) is 13.2 Å². The van der Waals surface area contributed by atoms with Crippen LogP contribution in [0, 0.1) is 17.8 Å². The SMILES string of the molecule is CC(C)(CC(=O)NC12CC3CC(CC(C3)C1)C2)NS(=O)(=O)c1ccc(C(C)(C)C)cc1. The average molecular weight is 447 g/mol. The lowest BCUT2D eigenvalue weighted by molar-refractivity contribution is -0.127. The van der Waals surface area contributed by atoms with Crippen molar-refractivity contribution in [1.82, 2.24) is 10.0 Å². The molecule has 1 aromatic carbocycles. The van der Waals surface area contributed by atoms with Crippen molar-refractivity contribution < 1.29 is 13.2 Å². The van der Waals surface area contributed by atoms with E-state index in [0.717, 1.165) is 42.6 Å². The third-order valence-electron chi connectivity index (χ3n) is 7.49. The van der Waals surface area contributed by atoms with Gasteiger partial charge in [0.05, 0.1) is 4.90 Å². The van der Waals surface area contributed by atoms with Crippen molar-refractivity contribution in [2.45, 2.75) is 101 Å². The highest BCUT2D eigenvalue weighted by atomic mass is 32.2. The van der Waals surface area contributed by atoms with E-state index in [1.807, 2.05) is 12.1 Å². The minimum absolute atomic E-state index is 0.0374. The minimum Gasteiger partial charge on any atom is -0.351 e. The molecule has 6 heteroatoms. The zero-order valence-electron chi connectivity index (χ0n) is 19.6. The minimum atomic E-state index is -3.71. The van der Waals surface area contributed by atoms with Gasteiger partial charge < -0.3 is 5.32 Å². The third kappa shape index (κ3) is 5.00. The highest BCUT2D eigenvalue weighted by Crippen LogP contribution is 2.55. The molecule has 5 nitrogen and oxygen atoms in total. The van der Waals surface area contributed by atoms with Crippen LogP contribution >= 0.6 is 0 Å². The Hall–Kier alpha value is -1.40. The van der Waals surface area contributed by atoms with Gasteiger partial charge in [-0.25, -0.2) is 13.1 Å². The van der Waals surface area contributed by atoms with Gasteiger partial charge in [0.1, 0.15) is 0 Å². The molecule has 0 heterocycles. The fourth-order valence-electron chi connectivity index (χ4n) is 6.60. The number of amides is 1. The Kier molecular flexibility index (Phi) is 5.57. The largest absolute Gasteiger partial charge is 0.351 e. The molecule has 0 radical (unpaired) electrons. The number of nitrogens with one attached hydrogen (secondary N) is 2. The molecule has 4 aliphatic rings. The first kappa shape index (κ1) is 22.8. The summed E-state index contributed by atoms with van der Waals surface area (Å²) >= 11 is 0. The first-order chi connectivity index (χ1) is 14.3. The topological polar surface area (TPSA) is 75.3 Å². The van der Waals surface area contributed by atoms with Gasteiger partial charge in [-0.2, -0.15) is 0 Å². The first-order valence-electron chi connectivity index (χ1n) is 11.7. The van der Waals surface area contributed by atoms with Crippen molar-refractivity contribution in [3.63, 3.8) is 0 Å². The molecule has 2 N–H and O–H groups in total. The zero-order valence-corrected chi connectivity index (χ0v) is 20.4. The third-order valence-corrected chi connectivity index (χ3v) is 9.20. The van der Waals surface area contributed by atoms with Crippen LogP contribution < -0.4 is 10.0 Å². The maximum Gasteiger partial charge on any atom is 0.241 e. The summed E-state index contributed by atoms with van der Waals surface area (Å²) in [6.07, 6.45) is 7.40. The second-order valence-electron chi connectivity index (χ2n) is 12.2. The van der Waals surface area contributed by atoms with Crippen LogP contribution in [0.15, 0.2) is 29.2 Å². The molecule has 1 amide bonds. The Morgan fingerprint density at radius 1 is 0.935 bits per heavy atom. The highest BCUT2D eigenvalue weighted by molar-refractivity contribution is 7.89. The van der Waals surface area contributed by atoms with Crippen LogP contribution in [-0.4, -0.2) is 25.4 Å². The van der Waals surface area contributed by atoms with Crippen molar-refractivity contribution in [1.29, 1.82) is 0 Å². The van der Waals surface area contributed by atoms with Gasteiger partial charge in [-0.3, -0.25) is 4.79 Å². The van der Waals surface area contributed by atoms with Gasteiger partial charge in [-0.05, 0) is 93.2 Å². The molecule has 172 valence electrons. The molecule has 0 spiro atoms. The van der Waals surface area contributed by atoms with Crippen LogP contribution in [0.1, 0.15) is 85.1 Å². The van der Waals surface area contributed by atoms with E-state index < -0.39 is 15.6 Å². The number of carbonyl (C=O) groups excluding carboxylic acids is 1. The summed E-state index contributed by atoms with van der Waals surface area (Å²) in [5, 5.41) is 3.36. The van der Waals surface area contributed by atoms with Gasteiger partial charge in [0, 0.05) is 17.5 Å². The molecule has 4 aliphatic carbocycles. The summed E-state index contributed by atoms with van der Waals surface area (Å²) in [7, 11) is -3.71. The number of hydrogen-bond acceptors (Lipinski definition) is 3. The molecule has 0 saturated heterocycles. The Bertz CT molecular complexity index is 907. The Balaban J connectivity index is 1.40. The normalized spacial score (nSPS) is 30.4. The molecule has 31 heavy (non-hydrogen) atoms. The van der Waals surface area contributed by atoms with Crippen molar-refractivity contribution in [2.75, 3.05) is 0 Å². The second kappa shape index (κ2) is 7.58. The molecule has 1 aromatic rings. The lowest BCUT2D eigenvalue weighted by atomic mass is 9.53. The molecule has 0 unspecified atom stereocenters. The van der Waals surface area contributed by atoms with Crippen LogP contribution in [0.5, 0.6) is 0 Å². The van der Waals surface area contributed by atoms with Crippen LogP contribution in [0.4, 0.5) is 0 Å². The highest BCUT2D eigenvalue weighted by Gasteiger charge is 2.51. The van der Waals surface area contributed by atoms with Crippen molar-refractivity contribution >= 4 is 15.9 Å². The smallest absolute Gasteiger partial charge is 0.241 e. The molecule has 0 aromatic heterocycles. The van der Waals surface area contributed by atoms with Crippen molar-refractivity contribution in [3.05, 3.63) is 29.8 Å². The lowest BCUT2D eigenvalue weighted by Crippen LogP contribution is -2.60. The Morgan fingerprint density at radius 3 is 1.87 bits per heavy atom. The van der Waals surface area contributed by atoms with E-state index in [0.29, 0.717) is 0 Å². The van der Waals surface area contributed by atoms with Crippen LogP contribution in [0.3, 0.4) is 0 Å². The maximum atomic E-state index is 13.0. The van der Waals surface area contributed by atoms with Gasteiger partial charge in [-0.15, -0.1) is 0 Å². The fraction of sp³-hybridized carbons (Fsp3) is 0.720. The first-order valence-corrected chi connectivity index (χ1v) is 13.2. The summed E-state index contributed by atoms with van der Waals surface area (Å²) < 4.78 is 28.7. The fourth-order valence-corrected chi connectivity index (χ4v) is 8.01. The summed E-state index contributed by atoms with van der Waals surface area (Å²) in [5.74, 6) is 2.23. The zero-order chi connectivity index (χ0) is 22.7. The molecular formula is C25H38N2O3S. The summed E-state index contributed by atoms with van der Waals surface area (Å²) in [6.45, 7) is 9.86. The monoisotopic (exact) mass is 446 g/mol. The average Bonchev–Trinajstić information content (AvgIpc) is 2.57. The molecule has 0 aliphatic heterocycles. The molecular weight excluding hydrogens is 408 g/mol. The molecule has 5 rings (SSSR count). The number of carbonyl (C=O) groups is 1. The quantitative estimate of drug-likeness (QED) is 0.675. The van der Waals surface area contributed by atoms with Gasteiger partial charge in [-0.1, -0.05) is 32.9 Å². The molecule has 0 atom stereocenters. The number of rotatable bonds is 6. The van der Waals surface area contributed by atoms with E-state index in [2.05, 4.69) is 30.8 Å². The van der Waals surface area contributed by atoms with Crippen LogP contribution in [0.25, 0.3) is 0 Å². The van der Waals surface area contributed by atoms with Crippen molar-refractivity contribution in [2.24, 2.45) is 17.8 Å². The van der Waals surface area contributed by atoms with E-state index in [-0.39, 0.29) is 28.2 Å². The molecule has 4 fully saturated rings. The van der Waals surface area contributed by atoms with Crippen molar-refractivity contribution in [3.8, 4) is 0 Å². The van der Waals surface area contributed by atoms with Gasteiger partial charge >= 0.3 is 0 Å². The summed E-state index contributed by atoms with van der Waals surface area (Å²) in [4.78, 5) is 13.2. The van der Waals surface area contributed by atoms with Gasteiger partial charge in [0.25, 0.3) is 0 Å². The van der Waals surface area contributed by atoms with Gasteiger partial charge in [0.15, 0.2) is 0 Å². The van der Waals surface area contributed by atoms with E-state index in [1.165, 1.54) is 19.3 Å². The standard InChI is InChI=1S/C25H38N2O3S/c1-23(2,3)20-6-8-21(9-7-20)31(29,30)27-24(4,5)16-22(28)26-25-13-17-10-18(14-25)12-19(11-17)15-25/h6-9,17-19,27H,10-16H2,1-5H3,(H,26,28). The molecule has 4 bridgehead atoms. The van der Waals surface area contributed by atoms with Crippen LogP contribution in [-0.2, 0) is 20.2 Å². The molecule has 4 saturated carbocycles. The Morgan fingerprint density at radius 2 is 1.42 bits per heavy atom. The predicted octanol–water partition coefficient (Wildman–Crippen LogP) is 4.52. The van der Waals surface area contributed by atoms with E-state index >= 15 is 0 Å². The number of hydrogen-bond donors (Lipinski definition) is 2. The van der Waals surface area contributed by atoms with E-state index in [1.54, 1.807) is 26.0 Å². The van der Waals surface area contributed by atoms with Gasteiger partial charge in [0.2, 0.25) is 15.9 Å². The summed E-state index contributed by atoms with van der Waals surface area (Å²) in [6, 6.07) is 7.02. The Labute approximate surface area is 187 Å². The number of sulfonamides is 1. The van der Waals surface area contributed by atoms with E-state index in [4.69, 9.17) is 0 Å². The lowest BCUT2D eigenvalue weighted by Gasteiger charge is -2.57. The number of benzene rings is 1. The predicted molar refractivity (Wildman–Crippen MR) is 123 cm³/mol. The van der Waals surface area contributed by atoms with Crippen LogP contribution in [0.2, 0.25) is 0 Å². The summed E-state index contributed by atoms with van der Waals surface area (Å²) in [5.41, 5.74) is 0.127.